The fraction of sp³-hybridized carbons (Fsp3) is 0.618. The Bertz CT molecular complexity index is 1520. The summed E-state index contributed by atoms with van der Waals surface area (Å²) in [7, 11) is 4.43. The summed E-state index contributed by atoms with van der Waals surface area (Å²) in [6.07, 6.45) is 2.98. The van der Waals surface area contributed by atoms with Crippen LogP contribution in [-0.2, 0) is 32.7 Å². The molecule has 5 aliphatic carbocycles. The molecule has 1 saturated heterocycles. The minimum absolute atomic E-state index is 0.0817. The van der Waals surface area contributed by atoms with Crippen LogP contribution < -0.4 is 9.84 Å². The summed E-state index contributed by atoms with van der Waals surface area (Å²) >= 11 is 6.24. The predicted octanol–water partition coefficient (Wildman–Crippen LogP) is 4.93. The van der Waals surface area contributed by atoms with Crippen LogP contribution in [0.1, 0.15) is 55.2 Å². The molecule has 0 amide bonds. The highest BCUT2D eigenvalue weighted by atomic mass is 35.5. The molecule has 7 atom stereocenters. The van der Waals surface area contributed by atoms with E-state index in [-0.39, 0.29) is 22.9 Å². The van der Waals surface area contributed by atoms with Crippen LogP contribution in [0.25, 0.3) is 0 Å². The van der Waals surface area contributed by atoms with Gasteiger partial charge in [-0.2, -0.15) is 13.2 Å². The van der Waals surface area contributed by atoms with Crippen molar-refractivity contribution in [3.8, 4) is 11.5 Å². The van der Waals surface area contributed by atoms with Crippen LogP contribution in [0.2, 0.25) is 5.02 Å². The second-order valence-electron chi connectivity index (χ2n) is 14.4. The number of hydrogen-bond acceptors (Lipinski definition) is 6. The number of phenols is 1. The third kappa shape index (κ3) is 4.53. The molecule has 1 N–H and O–H groups in total. The smallest absolute Gasteiger partial charge is 0.430 e. The number of piperidine rings is 1. The zero-order valence-electron chi connectivity index (χ0n) is 25.5. The zero-order valence-corrected chi connectivity index (χ0v) is 26.3. The van der Waals surface area contributed by atoms with Crippen molar-refractivity contribution in [2.45, 2.75) is 80.9 Å². The predicted molar refractivity (Wildman–Crippen MR) is 157 cm³/mol. The molecule has 0 aromatic heterocycles. The first-order valence-corrected chi connectivity index (χ1v) is 16.2. The van der Waals surface area contributed by atoms with Crippen LogP contribution in [0, 0.1) is 17.3 Å². The first-order chi connectivity index (χ1) is 21.3. The number of likely N-dealkylation sites (N-methyl/N-ethyl adjacent to an activating group) is 1. The number of halogens is 4. The van der Waals surface area contributed by atoms with Crippen LogP contribution in [0.3, 0.4) is 0 Å². The number of quaternary nitrogens is 1. The molecule has 244 valence electrons. The summed E-state index contributed by atoms with van der Waals surface area (Å²) in [4.78, 5) is 8.78. The van der Waals surface area contributed by atoms with Gasteiger partial charge in [0.05, 0.1) is 44.8 Å². The SMILES string of the molecule is CO[C@]12CC[C@@]3(C[C@@H]1COCc1cccc(Cl)c1)[C@H]1Cc4ccc(O)c5c4[C@@]3(CC[N+]1(C)CC1CC1)[C@H]2O5.O=C([O-])C(F)(F)F. The standard InChI is InChI=1S/C32H38ClNO4.C2HF3O2/c1-34(17-20-6-7-20)13-12-31-27-22-8-9-25(35)28(27)38-29(31)32(36-2)11-10-30(31,26(34)15-22)16-23(32)19-37-18-21-4-3-5-24(33)14-21;3-2(4,5)1(6)7/h3-5,8-9,14,20,23,26,29H,6-7,10-13,15-19H2,1-2H3;(H,6,7)/t23-,26-,29-,30-,31+,32-,34?;/m1./s1. The second-order valence-corrected chi connectivity index (χ2v) is 14.8. The zero-order chi connectivity index (χ0) is 32.0. The van der Waals surface area contributed by atoms with Crippen molar-refractivity contribution in [2.75, 3.05) is 33.9 Å². The number of benzene rings is 2. The summed E-state index contributed by atoms with van der Waals surface area (Å²) in [6.45, 7) is 3.68. The third-order valence-corrected chi connectivity index (χ3v) is 12.5. The van der Waals surface area contributed by atoms with Gasteiger partial charge >= 0.3 is 6.18 Å². The number of carbonyl (C=O) groups excluding carboxylic acids is 1. The van der Waals surface area contributed by atoms with Crippen LogP contribution in [-0.4, -0.2) is 73.3 Å². The van der Waals surface area contributed by atoms with Gasteiger partial charge in [-0.1, -0.05) is 29.8 Å². The Morgan fingerprint density at radius 3 is 2.62 bits per heavy atom. The summed E-state index contributed by atoms with van der Waals surface area (Å²) in [6, 6.07) is 12.6. The average molecular weight is 650 g/mol. The average Bonchev–Trinajstić information content (AvgIpc) is 3.72. The van der Waals surface area contributed by atoms with Gasteiger partial charge < -0.3 is 33.7 Å². The van der Waals surface area contributed by atoms with Crippen molar-refractivity contribution in [3.05, 3.63) is 58.1 Å². The van der Waals surface area contributed by atoms with Gasteiger partial charge in [0, 0.05) is 47.8 Å². The summed E-state index contributed by atoms with van der Waals surface area (Å²) in [5, 5.41) is 20.6. The normalized spacial score (nSPS) is 36.9. The van der Waals surface area contributed by atoms with E-state index in [1.54, 1.807) is 0 Å². The number of nitrogens with zero attached hydrogens (tertiary/aromatic N) is 1. The molecule has 5 fully saturated rings. The van der Waals surface area contributed by atoms with E-state index < -0.39 is 17.7 Å². The monoisotopic (exact) mass is 649 g/mol. The Morgan fingerprint density at radius 1 is 1.20 bits per heavy atom. The van der Waals surface area contributed by atoms with Crippen LogP contribution >= 0.6 is 11.6 Å². The van der Waals surface area contributed by atoms with Crippen molar-refractivity contribution in [3.63, 3.8) is 0 Å². The second kappa shape index (κ2) is 10.5. The Balaban J connectivity index is 0.000000420. The minimum Gasteiger partial charge on any atom is -0.542 e. The number of aromatic hydroxyl groups is 1. The molecule has 2 aromatic rings. The molecule has 2 aromatic carbocycles. The number of hydrogen-bond donors (Lipinski definition) is 1. The van der Waals surface area contributed by atoms with Gasteiger partial charge in [-0.25, -0.2) is 0 Å². The van der Waals surface area contributed by atoms with E-state index in [0.29, 0.717) is 25.0 Å². The first-order valence-electron chi connectivity index (χ1n) is 15.8. The maximum Gasteiger partial charge on any atom is 0.430 e. The molecule has 4 saturated carbocycles. The lowest BCUT2D eigenvalue weighted by Gasteiger charge is -2.74. The van der Waals surface area contributed by atoms with Gasteiger partial charge in [0.1, 0.15) is 17.7 Å². The first kappa shape index (κ1) is 31.1. The highest BCUT2D eigenvalue weighted by Gasteiger charge is 2.83. The number of carbonyl (C=O) groups is 1. The molecule has 9 rings (SSSR count). The number of rotatable bonds is 7. The van der Waals surface area contributed by atoms with Crippen molar-refractivity contribution in [1.29, 1.82) is 0 Å². The Kier molecular flexibility index (Phi) is 7.25. The largest absolute Gasteiger partial charge is 0.542 e. The Labute approximate surface area is 265 Å². The maximum atomic E-state index is 11.0. The van der Waals surface area contributed by atoms with Gasteiger partial charge in [0.2, 0.25) is 0 Å². The quantitative estimate of drug-likeness (QED) is 0.428. The molecule has 1 unspecified atom stereocenters. The molecule has 2 spiro atoms. The third-order valence-electron chi connectivity index (χ3n) is 12.2. The number of ether oxygens (including phenoxy) is 3. The summed E-state index contributed by atoms with van der Waals surface area (Å²) in [5.41, 5.74) is 3.47. The van der Waals surface area contributed by atoms with Gasteiger partial charge in [0.15, 0.2) is 11.5 Å². The topological polar surface area (TPSA) is 88.1 Å². The molecule has 2 aliphatic heterocycles. The highest BCUT2D eigenvalue weighted by Crippen LogP contribution is 2.77. The molecular weight excluding hydrogens is 611 g/mol. The molecule has 0 radical (unpaired) electrons. The van der Waals surface area contributed by atoms with Gasteiger partial charge in [-0.15, -0.1) is 0 Å². The molecular formula is C34H39ClF3NO6. The Morgan fingerprint density at radius 2 is 1.96 bits per heavy atom. The lowest BCUT2D eigenvalue weighted by molar-refractivity contribution is -0.952. The fourth-order valence-corrected chi connectivity index (χ4v) is 10.6. The van der Waals surface area contributed by atoms with Gasteiger partial charge in [0.25, 0.3) is 0 Å². The number of phenolic OH excluding ortho intramolecular Hbond substituents is 1. The number of fused-ring (bicyclic) bond motifs is 2. The van der Waals surface area contributed by atoms with Crippen LogP contribution in [0.4, 0.5) is 13.2 Å². The summed E-state index contributed by atoms with van der Waals surface area (Å²) < 4.78 is 52.7. The fourth-order valence-electron chi connectivity index (χ4n) is 10.4. The Hall–Kier alpha value is -2.53. The molecule has 4 bridgehead atoms. The number of carboxylic acids is 1. The maximum absolute atomic E-state index is 11.0. The number of likely N-dealkylation sites (tertiary alicyclic amines) is 1. The van der Waals surface area contributed by atoms with E-state index in [0.717, 1.165) is 47.9 Å². The van der Waals surface area contributed by atoms with Crippen molar-refractivity contribution < 1.29 is 46.9 Å². The van der Waals surface area contributed by atoms with E-state index in [2.05, 4.69) is 19.2 Å². The summed E-state index contributed by atoms with van der Waals surface area (Å²) in [5.74, 6) is -0.835. The molecule has 2 heterocycles. The highest BCUT2D eigenvalue weighted by molar-refractivity contribution is 6.30. The number of alkyl halides is 3. The van der Waals surface area contributed by atoms with E-state index in [1.807, 2.05) is 31.4 Å². The molecule has 7 nitrogen and oxygen atoms in total. The lowest BCUT2D eigenvalue weighted by Crippen LogP contribution is -2.83. The number of carboxylic acid groups (broad SMARTS) is 1. The van der Waals surface area contributed by atoms with E-state index in [9.17, 15) is 18.3 Å². The minimum atomic E-state index is -5.19. The van der Waals surface area contributed by atoms with Crippen LogP contribution in [0.15, 0.2) is 36.4 Å². The van der Waals surface area contributed by atoms with E-state index >= 15 is 0 Å². The van der Waals surface area contributed by atoms with Gasteiger partial charge in [-0.05, 0) is 61.4 Å². The van der Waals surface area contributed by atoms with E-state index in [4.69, 9.17) is 35.7 Å². The van der Waals surface area contributed by atoms with Gasteiger partial charge in [-0.3, -0.25) is 0 Å². The molecule has 7 aliphatic rings. The number of methoxy groups -OCH3 is 1. The van der Waals surface area contributed by atoms with Crippen molar-refractivity contribution in [1.82, 2.24) is 0 Å². The number of aliphatic carboxylic acids is 1. The van der Waals surface area contributed by atoms with Crippen molar-refractivity contribution >= 4 is 17.6 Å². The van der Waals surface area contributed by atoms with E-state index in [1.165, 1.54) is 48.0 Å². The molecule has 45 heavy (non-hydrogen) atoms. The molecule has 11 heteroatoms. The van der Waals surface area contributed by atoms with Crippen molar-refractivity contribution in [2.24, 2.45) is 17.3 Å². The lowest BCUT2D eigenvalue weighted by atomic mass is 9.34. The van der Waals surface area contributed by atoms with Crippen LogP contribution in [0.5, 0.6) is 11.5 Å².